The highest BCUT2D eigenvalue weighted by molar-refractivity contribution is 9.10. The van der Waals surface area contributed by atoms with Crippen LogP contribution in [0.5, 0.6) is 0 Å². The minimum atomic E-state index is -0.637. The number of imide groups is 1. The van der Waals surface area contributed by atoms with E-state index < -0.39 is 6.04 Å². The molecule has 4 rings (SSSR count). The van der Waals surface area contributed by atoms with Gasteiger partial charge in [0.05, 0.1) is 12.1 Å². The quantitative estimate of drug-likeness (QED) is 0.701. The van der Waals surface area contributed by atoms with Gasteiger partial charge in [-0.15, -0.1) is 0 Å². The van der Waals surface area contributed by atoms with Gasteiger partial charge in [-0.25, -0.2) is 4.90 Å². The number of nitrogens with zero attached hydrogens (tertiary/aromatic N) is 2. The van der Waals surface area contributed by atoms with E-state index in [0.717, 1.165) is 43.0 Å². The third-order valence-electron chi connectivity index (χ3n) is 5.69. The van der Waals surface area contributed by atoms with Crippen LogP contribution < -0.4 is 4.90 Å². The van der Waals surface area contributed by atoms with Crippen molar-refractivity contribution >= 4 is 39.3 Å². The van der Waals surface area contributed by atoms with Gasteiger partial charge in [0.25, 0.3) is 5.91 Å². The Hall–Kier alpha value is -1.69. The van der Waals surface area contributed by atoms with E-state index >= 15 is 0 Å². The molecule has 0 N–H and O–H groups in total. The lowest BCUT2D eigenvalue weighted by Crippen LogP contribution is -2.52. The summed E-state index contributed by atoms with van der Waals surface area (Å²) in [5.41, 5.74) is 0.577. The summed E-state index contributed by atoms with van der Waals surface area (Å²) in [6, 6.07) is 6.62. The molecule has 1 aromatic carbocycles. The largest absolute Gasteiger partial charge is 0.327 e. The summed E-state index contributed by atoms with van der Waals surface area (Å²) < 4.78 is 0.893. The standard InChI is InChI=1S/C20H23BrN2O3/c21-14-8-10-16(11-9-14)23-18(24)12-17(20(23)26)22(19(25)13-6-7-13)15-4-2-1-3-5-15/h8-11,13,15,17H,1-7,12H2. The molecule has 1 unspecified atom stereocenters. The zero-order chi connectivity index (χ0) is 18.3. The summed E-state index contributed by atoms with van der Waals surface area (Å²) >= 11 is 3.37. The third kappa shape index (κ3) is 3.31. The topological polar surface area (TPSA) is 57.7 Å². The van der Waals surface area contributed by atoms with E-state index in [1.54, 1.807) is 17.0 Å². The Morgan fingerprint density at radius 3 is 2.27 bits per heavy atom. The van der Waals surface area contributed by atoms with Crippen LogP contribution in [0.25, 0.3) is 0 Å². The number of hydrogen-bond donors (Lipinski definition) is 0. The Labute approximate surface area is 161 Å². The minimum absolute atomic E-state index is 0.0570. The van der Waals surface area contributed by atoms with E-state index in [-0.39, 0.29) is 36.1 Å². The first-order valence-corrected chi connectivity index (χ1v) is 10.3. The smallest absolute Gasteiger partial charge is 0.257 e. The van der Waals surface area contributed by atoms with Crippen molar-refractivity contribution in [3.63, 3.8) is 0 Å². The minimum Gasteiger partial charge on any atom is -0.327 e. The van der Waals surface area contributed by atoms with Crippen LogP contribution in [-0.4, -0.2) is 34.7 Å². The summed E-state index contributed by atoms with van der Waals surface area (Å²) in [5.74, 6) is -0.328. The number of hydrogen-bond acceptors (Lipinski definition) is 3. The zero-order valence-electron chi connectivity index (χ0n) is 14.7. The molecule has 1 heterocycles. The van der Waals surface area contributed by atoms with Crippen molar-refractivity contribution in [1.82, 2.24) is 4.90 Å². The molecular weight excluding hydrogens is 396 g/mol. The van der Waals surface area contributed by atoms with E-state index in [9.17, 15) is 14.4 Å². The number of amides is 3. The number of rotatable bonds is 4. The van der Waals surface area contributed by atoms with Crippen molar-refractivity contribution in [3.8, 4) is 0 Å². The maximum absolute atomic E-state index is 13.1. The Kier molecular flexibility index (Phi) is 4.86. The maximum atomic E-state index is 13.1. The molecule has 0 aromatic heterocycles. The molecule has 2 saturated carbocycles. The van der Waals surface area contributed by atoms with E-state index in [0.29, 0.717) is 5.69 Å². The molecule has 6 heteroatoms. The normalized spacial score (nSPS) is 24.2. The highest BCUT2D eigenvalue weighted by Gasteiger charge is 2.48. The number of carbonyl (C=O) groups is 3. The van der Waals surface area contributed by atoms with Crippen molar-refractivity contribution < 1.29 is 14.4 Å². The Bertz CT molecular complexity index is 723. The lowest BCUT2D eigenvalue weighted by atomic mass is 9.92. The number of benzene rings is 1. The van der Waals surface area contributed by atoms with Gasteiger partial charge in [0.15, 0.2) is 0 Å². The fourth-order valence-electron chi connectivity index (χ4n) is 4.18. The Balaban J connectivity index is 1.61. The van der Waals surface area contributed by atoms with E-state index in [2.05, 4.69) is 15.9 Å². The number of halogens is 1. The van der Waals surface area contributed by atoms with Gasteiger partial charge in [-0.05, 0) is 49.9 Å². The van der Waals surface area contributed by atoms with Crippen LogP contribution in [0.3, 0.4) is 0 Å². The highest BCUT2D eigenvalue weighted by atomic mass is 79.9. The van der Waals surface area contributed by atoms with E-state index in [1.165, 1.54) is 11.3 Å². The SMILES string of the molecule is O=C1CC(N(C(=O)C2CC2)C2CCCCC2)C(=O)N1c1ccc(Br)cc1. The van der Waals surface area contributed by atoms with Crippen molar-refractivity contribution in [2.75, 3.05) is 4.90 Å². The van der Waals surface area contributed by atoms with Crippen LogP contribution >= 0.6 is 15.9 Å². The van der Waals surface area contributed by atoms with Crippen LogP contribution in [0.15, 0.2) is 28.7 Å². The Morgan fingerprint density at radius 2 is 1.65 bits per heavy atom. The number of carbonyl (C=O) groups excluding carboxylic acids is 3. The Morgan fingerprint density at radius 1 is 1.00 bits per heavy atom. The molecule has 5 nitrogen and oxygen atoms in total. The van der Waals surface area contributed by atoms with Crippen molar-refractivity contribution in [2.24, 2.45) is 5.92 Å². The molecule has 2 aliphatic carbocycles. The average Bonchev–Trinajstić information content (AvgIpc) is 3.45. The molecule has 1 aliphatic heterocycles. The second-order valence-electron chi connectivity index (χ2n) is 7.58. The first-order valence-electron chi connectivity index (χ1n) is 9.51. The fraction of sp³-hybridized carbons (Fsp3) is 0.550. The zero-order valence-corrected chi connectivity index (χ0v) is 16.3. The second-order valence-corrected chi connectivity index (χ2v) is 8.49. The molecule has 0 bridgehead atoms. The predicted octanol–water partition coefficient (Wildman–Crippen LogP) is 3.65. The second kappa shape index (κ2) is 7.14. The van der Waals surface area contributed by atoms with Crippen LogP contribution in [0.2, 0.25) is 0 Å². The van der Waals surface area contributed by atoms with Gasteiger partial charge < -0.3 is 4.90 Å². The van der Waals surface area contributed by atoms with Crippen LogP contribution in [0.4, 0.5) is 5.69 Å². The first-order chi connectivity index (χ1) is 12.6. The summed E-state index contributed by atoms with van der Waals surface area (Å²) in [7, 11) is 0. The van der Waals surface area contributed by atoms with E-state index in [4.69, 9.17) is 0 Å². The van der Waals surface area contributed by atoms with Gasteiger partial charge in [0, 0.05) is 16.4 Å². The molecule has 1 aromatic rings. The van der Waals surface area contributed by atoms with Gasteiger partial charge in [-0.2, -0.15) is 0 Å². The predicted molar refractivity (Wildman–Crippen MR) is 101 cm³/mol. The van der Waals surface area contributed by atoms with Crippen molar-refractivity contribution in [2.45, 2.75) is 63.5 Å². The van der Waals surface area contributed by atoms with Crippen LogP contribution in [0, 0.1) is 5.92 Å². The lowest BCUT2D eigenvalue weighted by Gasteiger charge is -2.37. The summed E-state index contributed by atoms with van der Waals surface area (Å²) in [6.07, 6.45) is 7.16. The molecule has 3 aliphatic rings. The summed E-state index contributed by atoms with van der Waals surface area (Å²) in [4.78, 5) is 41.8. The molecule has 138 valence electrons. The first kappa shape index (κ1) is 17.7. The fourth-order valence-corrected chi connectivity index (χ4v) is 4.45. The molecule has 0 radical (unpaired) electrons. The molecule has 0 spiro atoms. The summed E-state index contributed by atoms with van der Waals surface area (Å²) in [5, 5.41) is 0. The lowest BCUT2D eigenvalue weighted by molar-refractivity contribution is -0.143. The van der Waals surface area contributed by atoms with Crippen LogP contribution in [0.1, 0.15) is 51.4 Å². The molecule has 3 fully saturated rings. The number of anilines is 1. The summed E-state index contributed by atoms with van der Waals surface area (Å²) in [6.45, 7) is 0. The average molecular weight is 419 g/mol. The molecule has 26 heavy (non-hydrogen) atoms. The van der Waals surface area contributed by atoms with Crippen molar-refractivity contribution in [3.05, 3.63) is 28.7 Å². The van der Waals surface area contributed by atoms with Crippen LogP contribution in [-0.2, 0) is 14.4 Å². The molecule has 3 amide bonds. The monoisotopic (exact) mass is 418 g/mol. The van der Waals surface area contributed by atoms with Gasteiger partial charge in [-0.3, -0.25) is 14.4 Å². The maximum Gasteiger partial charge on any atom is 0.257 e. The highest BCUT2D eigenvalue weighted by Crippen LogP contribution is 2.37. The van der Waals surface area contributed by atoms with Gasteiger partial charge in [0.2, 0.25) is 11.8 Å². The van der Waals surface area contributed by atoms with Crippen molar-refractivity contribution in [1.29, 1.82) is 0 Å². The van der Waals surface area contributed by atoms with Gasteiger partial charge in [0.1, 0.15) is 6.04 Å². The van der Waals surface area contributed by atoms with E-state index in [1.807, 2.05) is 12.1 Å². The molecular formula is C20H23BrN2O3. The molecule has 1 saturated heterocycles. The van der Waals surface area contributed by atoms with Gasteiger partial charge >= 0.3 is 0 Å². The van der Waals surface area contributed by atoms with Gasteiger partial charge in [-0.1, -0.05) is 35.2 Å². The third-order valence-corrected chi connectivity index (χ3v) is 6.22. The molecule has 1 atom stereocenters.